The summed E-state index contributed by atoms with van der Waals surface area (Å²) in [7, 11) is 0. The van der Waals surface area contributed by atoms with Crippen LogP contribution >= 0.6 is 11.6 Å². The summed E-state index contributed by atoms with van der Waals surface area (Å²) in [6, 6.07) is 16.6. The predicted octanol–water partition coefficient (Wildman–Crippen LogP) is 4.28. The average molecular weight is 340 g/mol. The molecule has 2 aliphatic rings. The zero-order chi connectivity index (χ0) is 16.4. The number of rotatable bonds is 2. The summed E-state index contributed by atoms with van der Waals surface area (Å²) in [5, 5.41) is 7.85. The molecule has 2 aliphatic heterocycles. The molecule has 1 spiro atoms. The van der Waals surface area contributed by atoms with Crippen molar-refractivity contribution in [2.24, 2.45) is 10.4 Å². The van der Waals surface area contributed by atoms with Gasteiger partial charge in [-0.25, -0.2) is 0 Å². The first-order valence-electron chi connectivity index (χ1n) is 8.60. The van der Waals surface area contributed by atoms with Crippen molar-refractivity contribution in [2.75, 3.05) is 18.4 Å². The smallest absolute Gasteiger partial charge is 0.108 e. The number of anilines is 1. The van der Waals surface area contributed by atoms with Gasteiger partial charge in [-0.1, -0.05) is 48.0 Å². The SMILES string of the molecule is Clc1ccc2c(c1)NC(=NCc1ccccc1)C1(CCNCC1)C2. The van der Waals surface area contributed by atoms with E-state index in [2.05, 4.69) is 41.0 Å². The Bertz CT molecular complexity index is 749. The Morgan fingerprint density at radius 3 is 2.62 bits per heavy atom. The Morgan fingerprint density at radius 1 is 1.04 bits per heavy atom. The minimum Gasteiger partial charge on any atom is -0.343 e. The third-order valence-corrected chi connectivity index (χ3v) is 5.41. The summed E-state index contributed by atoms with van der Waals surface area (Å²) in [6.07, 6.45) is 3.28. The monoisotopic (exact) mass is 339 g/mol. The molecular formula is C20H22ClN3. The van der Waals surface area contributed by atoms with Gasteiger partial charge in [0.25, 0.3) is 0 Å². The molecule has 2 aromatic rings. The number of nitrogens with one attached hydrogen (secondary N) is 2. The molecule has 0 aliphatic carbocycles. The molecule has 24 heavy (non-hydrogen) atoms. The highest BCUT2D eigenvalue weighted by Crippen LogP contribution is 2.41. The predicted molar refractivity (Wildman–Crippen MR) is 101 cm³/mol. The molecule has 0 radical (unpaired) electrons. The Balaban J connectivity index is 1.68. The van der Waals surface area contributed by atoms with E-state index >= 15 is 0 Å². The molecule has 1 fully saturated rings. The summed E-state index contributed by atoms with van der Waals surface area (Å²) in [6.45, 7) is 2.82. The first-order valence-corrected chi connectivity index (χ1v) is 8.98. The van der Waals surface area contributed by atoms with Gasteiger partial charge in [-0.2, -0.15) is 0 Å². The van der Waals surface area contributed by atoms with E-state index in [0.29, 0.717) is 6.54 Å². The molecular weight excluding hydrogens is 318 g/mol. The van der Waals surface area contributed by atoms with E-state index in [1.165, 1.54) is 11.1 Å². The van der Waals surface area contributed by atoms with Gasteiger partial charge in [0, 0.05) is 16.1 Å². The summed E-state index contributed by atoms with van der Waals surface area (Å²) in [4.78, 5) is 4.99. The van der Waals surface area contributed by atoms with Crippen molar-refractivity contribution in [3.63, 3.8) is 0 Å². The van der Waals surface area contributed by atoms with E-state index in [4.69, 9.17) is 16.6 Å². The number of halogens is 1. The summed E-state index contributed by atoms with van der Waals surface area (Å²) >= 11 is 6.18. The van der Waals surface area contributed by atoms with Crippen LogP contribution in [0.4, 0.5) is 5.69 Å². The van der Waals surface area contributed by atoms with Crippen LogP contribution in [0, 0.1) is 5.41 Å². The third kappa shape index (κ3) is 3.06. The molecule has 4 heteroatoms. The second-order valence-corrected chi connectivity index (χ2v) is 7.22. The second-order valence-electron chi connectivity index (χ2n) is 6.78. The molecule has 1 saturated heterocycles. The van der Waals surface area contributed by atoms with Crippen molar-refractivity contribution in [3.8, 4) is 0 Å². The first kappa shape index (κ1) is 15.7. The van der Waals surface area contributed by atoms with Crippen LogP contribution in [-0.2, 0) is 13.0 Å². The first-order chi connectivity index (χ1) is 11.8. The van der Waals surface area contributed by atoms with Crippen molar-refractivity contribution in [2.45, 2.75) is 25.8 Å². The van der Waals surface area contributed by atoms with E-state index in [1.54, 1.807) is 0 Å². The van der Waals surface area contributed by atoms with Gasteiger partial charge in [-0.3, -0.25) is 4.99 Å². The Labute approximate surface area is 148 Å². The Hall–Kier alpha value is -1.84. The van der Waals surface area contributed by atoms with Gasteiger partial charge in [0.05, 0.1) is 6.54 Å². The fraction of sp³-hybridized carbons (Fsp3) is 0.350. The molecule has 0 bridgehead atoms. The number of benzene rings is 2. The lowest BCUT2D eigenvalue weighted by atomic mass is 9.71. The highest BCUT2D eigenvalue weighted by Gasteiger charge is 2.41. The maximum absolute atomic E-state index is 6.18. The lowest BCUT2D eigenvalue weighted by Gasteiger charge is -2.43. The summed E-state index contributed by atoms with van der Waals surface area (Å²) in [5.74, 6) is 1.13. The van der Waals surface area contributed by atoms with E-state index in [9.17, 15) is 0 Å². The average Bonchev–Trinajstić information content (AvgIpc) is 2.62. The molecule has 124 valence electrons. The number of hydrogen-bond donors (Lipinski definition) is 2. The zero-order valence-corrected chi connectivity index (χ0v) is 14.4. The molecule has 4 rings (SSSR count). The maximum atomic E-state index is 6.18. The summed E-state index contributed by atoms with van der Waals surface area (Å²) in [5.41, 5.74) is 3.83. The number of nitrogens with zero attached hydrogens (tertiary/aromatic N) is 1. The zero-order valence-electron chi connectivity index (χ0n) is 13.7. The van der Waals surface area contributed by atoms with E-state index in [1.807, 2.05) is 18.2 Å². The van der Waals surface area contributed by atoms with Gasteiger partial charge < -0.3 is 10.6 Å². The van der Waals surface area contributed by atoms with Crippen molar-refractivity contribution >= 4 is 23.1 Å². The van der Waals surface area contributed by atoms with E-state index < -0.39 is 0 Å². The minimum atomic E-state index is 0.126. The fourth-order valence-corrected chi connectivity index (χ4v) is 3.98. The van der Waals surface area contributed by atoms with Crippen LogP contribution in [0.2, 0.25) is 5.02 Å². The van der Waals surface area contributed by atoms with Gasteiger partial charge in [0.2, 0.25) is 0 Å². The molecule has 0 unspecified atom stereocenters. The number of amidine groups is 1. The lowest BCUT2D eigenvalue weighted by Crippen LogP contribution is -2.48. The highest BCUT2D eigenvalue weighted by atomic mass is 35.5. The van der Waals surface area contributed by atoms with Gasteiger partial charge in [-0.15, -0.1) is 0 Å². The van der Waals surface area contributed by atoms with Crippen LogP contribution in [0.1, 0.15) is 24.0 Å². The molecule has 3 nitrogen and oxygen atoms in total. The van der Waals surface area contributed by atoms with E-state index in [0.717, 1.165) is 48.9 Å². The van der Waals surface area contributed by atoms with Crippen molar-refractivity contribution in [3.05, 3.63) is 64.7 Å². The third-order valence-electron chi connectivity index (χ3n) is 5.18. The maximum Gasteiger partial charge on any atom is 0.108 e. The van der Waals surface area contributed by atoms with Crippen LogP contribution in [0.5, 0.6) is 0 Å². The summed E-state index contributed by atoms with van der Waals surface area (Å²) < 4.78 is 0. The second kappa shape index (κ2) is 6.58. The minimum absolute atomic E-state index is 0.126. The van der Waals surface area contributed by atoms with Gasteiger partial charge in [0.1, 0.15) is 5.84 Å². The van der Waals surface area contributed by atoms with Crippen molar-refractivity contribution in [1.82, 2.24) is 5.32 Å². The number of piperidine rings is 1. The molecule has 2 aromatic carbocycles. The van der Waals surface area contributed by atoms with Crippen molar-refractivity contribution in [1.29, 1.82) is 0 Å². The molecule has 2 N–H and O–H groups in total. The number of fused-ring (bicyclic) bond motifs is 1. The fourth-order valence-electron chi connectivity index (χ4n) is 3.81. The molecule has 0 amide bonds. The van der Waals surface area contributed by atoms with Crippen molar-refractivity contribution < 1.29 is 0 Å². The molecule has 0 atom stereocenters. The van der Waals surface area contributed by atoms with Crippen LogP contribution in [-0.4, -0.2) is 18.9 Å². The molecule has 2 heterocycles. The van der Waals surface area contributed by atoms with Crippen LogP contribution in [0.15, 0.2) is 53.5 Å². The number of hydrogen-bond acceptors (Lipinski definition) is 2. The Kier molecular flexibility index (Phi) is 4.30. The highest BCUT2D eigenvalue weighted by molar-refractivity contribution is 6.31. The van der Waals surface area contributed by atoms with Gasteiger partial charge in [-0.05, 0) is 55.6 Å². The van der Waals surface area contributed by atoms with Gasteiger partial charge in [0.15, 0.2) is 0 Å². The largest absolute Gasteiger partial charge is 0.343 e. The Morgan fingerprint density at radius 2 is 1.83 bits per heavy atom. The molecule has 0 aromatic heterocycles. The van der Waals surface area contributed by atoms with Crippen LogP contribution < -0.4 is 10.6 Å². The molecule has 0 saturated carbocycles. The van der Waals surface area contributed by atoms with Crippen LogP contribution in [0.25, 0.3) is 0 Å². The number of aliphatic imine (C=N–C) groups is 1. The van der Waals surface area contributed by atoms with E-state index in [-0.39, 0.29) is 5.41 Å². The normalized spacial score (nSPS) is 20.6. The van der Waals surface area contributed by atoms with Gasteiger partial charge >= 0.3 is 0 Å². The lowest BCUT2D eigenvalue weighted by molar-refractivity contribution is 0.293. The topological polar surface area (TPSA) is 36.4 Å². The quantitative estimate of drug-likeness (QED) is 0.857. The standard InChI is InChI=1S/C20H22ClN3/c21-17-7-6-16-13-20(8-10-22-11-9-20)19(24-18(16)12-17)23-14-15-4-2-1-3-5-15/h1-7,12,22H,8-11,13-14H2,(H,23,24). The van der Waals surface area contributed by atoms with Crippen LogP contribution in [0.3, 0.4) is 0 Å².